The summed E-state index contributed by atoms with van der Waals surface area (Å²) in [6, 6.07) is -0.440. The van der Waals surface area contributed by atoms with Crippen LogP contribution in [-0.2, 0) is 9.53 Å². The van der Waals surface area contributed by atoms with Gasteiger partial charge in [-0.15, -0.1) is 12.4 Å². The molecule has 1 aliphatic heterocycles. The Morgan fingerprint density at radius 2 is 2.00 bits per heavy atom. The Bertz CT molecular complexity index is 279. The third-order valence-electron chi connectivity index (χ3n) is 3.29. The maximum atomic E-state index is 12.3. The summed E-state index contributed by atoms with van der Waals surface area (Å²) < 4.78 is 5.75. The van der Waals surface area contributed by atoms with E-state index >= 15 is 0 Å². The van der Waals surface area contributed by atoms with Crippen molar-refractivity contribution in [1.29, 1.82) is 0 Å². The van der Waals surface area contributed by atoms with Crippen LogP contribution < -0.4 is 5.73 Å². The van der Waals surface area contributed by atoms with Gasteiger partial charge in [0.05, 0.1) is 18.2 Å². The summed E-state index contributed by atoms with van der Waals surface area (Å²) in [6.07, 6.45) is 1.18. The van der Waals surface area contributed by atoms with Crippen molar-refractivity contribution in [2.75, 3.05) is 13.1 Å². The molecule has 1 aliphatic rings. The van der Waals surface area contributed by atoms with Gasteiger partial charge in [0.25, 0.3) is 0 Å². The number of rotatable bonds is 2. The number of carbonyl (C=O) groups excluding carboxylic acids is 1. The molecule has 1 heterocycles. The molecule has 0 radical (unpaired) electrons. The molecular weight excluding hydrogens is 252 g/mol. The maximum absolute atomic E-state index is 12.3. The topological polar surface area (TPSA) is 55.6 Å². The number of hydrogen-bond acceptors (Lipinski definition) is 3. The standard InChI is InChI=1S/C13H26N2O2.ClH/c1-6-10-8-15(7-9(2)17-10)12(16)11(14)13(3,4)5;/h9-11H,6-8,14H2,1-5H3;1H/t9?,10?,11-;/m1./s1. The molecule has 18 heavy (non-hydrogen) atoms. The highest BCUT2D eigenvalue weighted by molar-refractivity contribution is 5.85. The van der Waals surface area contributed by atoms with Crippen LogP contribution in [0.15, 0.2) is 0 Å². The number of nitrogens with zero attached hydrogens (tertiary/aromatic N) is 1. The van der Waals surface area contributed by atoms with Gasteiger partial charge < -0.3 is 15.4 Å². The van der Waals surface area contributed by atoms with Crippen molar-refractivity contribution in [1.82, 2.24) is 4.90 Å². The monoisotopic (exact) mass is 278 g/mol. The Morgan fingerprint density at radius 1 is 1.44 bits per heavy atom. The highest BCUT2D eigenvalue weighted by atomic mass is 35.5. The van der Waals surface area contributed by atoms with Crippen LogP contribution in [0.25, 0.3) is 0 Å². The van der Waals surface area contributed by atoms with E-state index in [1.165, 1.54) is 0 Å². The summed E-state index contributed by atoms with van der Waals surface area (Å²) >= 11 is 0. The van der Waals surface area contributed by atoms with E-state index in [9.17, 15) is 4.79 Å². The first kappa shape index (κ1) is 17.7. The van der Waals surface area contributed by atoms with Crippen molar-refractivity contribution in [3.8, 4) is 0 Å². The van der Waals surface area contributed by atoms with Gasteiger partial charge in [0.1, 0.15) is 0 Å². The molecule has 108 valence electrons. The fraction of sp³-hybridized carbons (Fsp3) is 0.923. The van der Waals surface area contributed by atoms with Crippen molar-refractivity contribution >= 4 is 18.3 Å². The lowest BCUT2D eigenvalue weighted by atomic mass is 9.86. The first-order valence-corrected chi connectivity index (χ1v) is 6.45. The molecule has 1 fully saturated rings. The van der Waals surface area contributed by atoms with Gasteiger partial charge in [0.15, 0.2) is 0 Å². The quantitative estimate of drug-likeness (QED) is 0.838. The minimum atomic E-state index is -0.440. The Balaban J connectivity index is 0.00000289. The number of ether oxygens (including phenoxy) is 1. The van der Waals surface area contributed by atoms with E-state index in [1.54, 1.807) is 0 Å². The summed E-state index contributed by atoms with van der Waals surface area (Å²) in [7, 11) is 0. The van der Waals surface area contributed by atoms with Gasteiger partial charge in [-0.05, 0) is 18.8 Å². The van der Waals surface area contributed by atoms with Gasteiger partial charge >= 0.3 is 0 Å². The van der Waals surface area contributed by atoms with Crippen molar-refractivity contribution in [3.63, 3.8) is 0 Å². The first-order valence-electron chi connectivity index (χ1n) is 6.45. The Morgan fingerprint density at radius 3 is 2.44 bits per heavy atom. The molecule has 0 aromatic heterocycles. The number of halogens is 1. The predicted molar refractivity (Wildman–Crippen MR) is 75.9 cm³/mol. The average molecular weight is 279 g/mol. The van der Waals surface area contributed by atoms with Gasteiger partial charge in [0.2, 0.25) is 5.91 Å². The zero-order valence-corrected chi connectivity index (χ0v) is 12.9. The predicted octanol–water partition coefficient (Wildman–Crippen LogP) is 1.81. The SMILES string of the molecule is CCC1CN(C(=O)[C@@H](N)C(C)(C)C)CC(C)O1.Cl. The van der Waals surface area contributed by atoms with Crippen LogP contribution >= 0.6 is 12.4 Å². The van der Waals surface area contributed by atoms with Crippen molar-refractivity contribution in [2.24, 2.45) is 11.1 Å². The normalized spacial score (nSPS) is 26.4. The minimum absolute atomic E-state index is 0. The Hall–Kier alpha value is -0.320. The Kier molecular flexibility index (Phi) is 6.61. The molecule has 0 spiro atoms. The molecule has 0 saturated carbocycles. The van der Waals surface area contributed by atoms with Gasteiger partial charge in [-0.1, -0.05) is 27.7 Å². The summed E-state index contributed by atoms with van der Waals surface area (Å²) in [5, 5.41) is 0. The molecule has 4 nitrogen and oxygen atoms in total. The van der Waals surface area contributed by atoms with Crippen LogP contribution in [-0.4, -0.2) is 42.1 Å². The molecule has 2 unspecified atom stereocenters. The number of nitrogens with two attached hydrogens (primary N) is 1. The van der Waals surface area contributed by atoms with E-state index in [2.05, 4.69) is 6.92 Å². The van der Waals surface area contributed by atoms with E-state index in [0.717, 1.165) is 6.42 Å². The second-order valence-corrected chi connectivity index (χ2v) is 6.06. The molecule has 1 saturated heterocycles. The van der Waals surface area contributed by atoms with Gasteiger partial charge in [-0.3, -0.25) is 4.79 Å². The van der Waals surface area contributed by atoms with Crippen LogP contribution in [0.5, 0.6) is 0 Å². The van der Waals surface area contributed by atoms with E-state index in [0.29, 0.717) is 13.1 Å². The van der Waals surface area contributed by atoms with E-state index in [4.69, 9.17) is 10.5 Å². The fourth-order valence-corrected chi connectivity index (χ4v) is 2.02. The van der Waals surface area contributed by atoms with E-state index < -0.39 is 6.04 Å². The van der Waals surface area contributed by atoms with Crippen molar-refractivity contribution in [2.45, 2.75) is 59.3 Å². The number of morpholine rings is 1. The molecule has 0 bridgehead atoms. The molecular formula is C13H27ClN2O2. The fourth-order valence-electron chi connectivity index (χ4n) is 2.02. The third-order valence-corrected chi connectivity index (χ3v) is 3.29. The van der Waals surface area contributed by atoms with Crippen LogP contribution in [0.2, 0.25) is 0 Å². The number of amides is 1. The highest BCUT2D eigenvalue weighted by Gasteiger charge is 2.34. The molecule has 3 atom stereocenters. The van der Waals surface area contributed by atoms with Crippen LogP contribution in [0.1, 0.15) is 41.0 Å². The van der Waals surface area contributed by atoms with E-state index in [-0.39, 0.29) is 35.9 Å². The molecule has 1 amide bonds. The lowest BCUT2D eigenvalue weighted by Crippen LogP contribution is -2.56. The summed E-state index contributed by atoms with van der Waals surface area (Å²) in [4.78, 5) is 14.2. The Labute approximate surface area is 117 Å². The zero-order chi connectivity index (χ0) is 13.2. The van der Waals surface area contributed by atoms with Gasteiger partial charge in [-0.25, -0.2) is 0 Å². The molecule has 1 rings (SSSR count). The highest BCUT2D eigenvalue weighted by Crippen LogP contribution is 2.21. The van der Waals surface area contributed by atoms with Crippen LogP contribution in [0, 0.1) is 5.41 Å². The van der Waals surface area contributed by atoms with Crippen molar-refractivity contribution in [3.05, 3.63) is 0 Å². The van der Waals surface area contributed by atoms with Crippen molar-refractivity contribution < 1.29 is 9.53 Å². The summed E-state index contributed by atoms with van der Waals surface area (Å²) in [6.45, 7) is 11.4. The minimum Gasteiger partial charge on any atom is -0.372 e. The third kappa shape index (κ3) is 4.41. The summed E-state index contributed by atoms with van der Waals surface area (Å²) in [5.74, 6) is 0.0473. The smallest absolute Gasteiger partial charge is 0.240 e. The molecule has 0 aromatic carbocycles. The zero-order valence-electron chi connectivity index (χ0n) is 12.1. The second-order valence-electron chi connectivity index (χ2n) is 6.06. The molecule has 0 aromatic rings. The molecule has 5 heteroatoms. The lowest BCUT2D eigenvalue weighted by molar-refractivity contribution is -0.148. The maximum Gasteiger partial charge on any atom is 0.240 e. The van der Waals surface area contributed by atoms with Crippen LogP contribution in [0.3, 0.4) is 0 Å². The van der Waals surface area contributed by atoms with Gasteiger partial charge in [-0.2, -0.15) is 0 Å². The largest absolute Gasteiger partial charge is 0.372 e. The summed E-state index contributed by atoms with van der Waals surface area (Å²) in [5.41, 5.74) is 5.83. The number of carbonyl (C=O) groups is 1. The second kappa shape index (κ2) is 6.73. The first-order chi connectivity index (χ1) is 7.75. The van der Waals surface area contributed by atoms with E-state index in [1.807, 2.05) is 32.6 Å². The molecule has 2 N–H and O–H groups in total. The van der Waals surface area contributed by atoms with Gasteiger partial charge in [0, 0.05) is 13.1 Å². The number of hydrogen-bond donors (Lipinski definition) is 1. The van der Waals surface area contributed by atoms with Crippen LogP contribution in [0.4, 0.5) is 0 Å². The lowest BCUT2D eigenvalue weighted by Gasteiger charge is -2.39. The average Bonchev–Trinajstić information content (AvgIpc) is 2.24. The molecule has 0 aliphatic carbocycles.